The van der Waals surface area contributed by atoms with E-state index >= 15 is 0 Å². The van der Waals surface area contributed by atoms with Gasteiger partial charge in [0.1, 0.15) is 5.82 Å². The highest BCUT2D eigenvalue weighted by Gasteiger charge is 2.51. The highest BCUT2D eigenvalue weighted by Crippen LogP contribution is 2.47. The van der Waals surface area contributed by atoms with Gasteiger partial charge < -0.3 is 0 Å². The molecular weight excluding hydrogens is 269 g/mol. The average molecular weight is 281 g/mol. The van der Waals surface area contributed by atoms with Gasteiger partial charge in [0.2, 0.25) is 0 Å². The maximum atomic E-state index is 13.0. The topological polar surface area (TPSA) is 37.4 Å². The Morgan fingerprint density at radius 3 is 2.05 bits per heavy atom. The van der Waals surface area contributed by atoms with Gasteiger partial charge in [-0.2, -0.15) is 0 Å². The van der Waals surface area contributed by atoms with Gasteiger partial charge in [0.25, 0.3) is 11.8 Å². The fourth-order valence-corrected chi connectivity index (χ4v) is 3.04. The minimum absolute atomic E-state index is 0.108. The van der Waals surface area contributed by atoms with E-state index in [2.05, 4.69) is 0 Å². The monoisotopic (exact) mass is 281 g/mol. The molecule has 0 aromatic heterocycles. The highest BCUT2D eigenvalue weighted by molar-refractivity contribution is 6.21. The van der Waals surface area contributed by atoms with E-state index < -0.39 is 0 Å². The van der Waals surface area contributed by atoms with Crippen molar-refractivity contribution in [3.63, 3.8) is 0 Å². The third-order valence-corrected chi connectivity index (χ3v) is 4.21. The van der Waals surface area contributed by atoms with Gasteiger partial charge >= 0.3 is 0 Å². The summed E-state index contributed by atoms with van der Waals surface area (Å²) < 4.78 is 13.0. The number of nitrogens with zero attached hydrogens (tertiary/aromatic N) is 1. The van der Waals surface area contributed by atoms with Crippen molar-refractivity contribution < 1.29 is 14.0 Å². The number of imide groups is 1. The Balaban J connectivity index is 1.61. The first-order valence-electron chi connectivity index (χ1n) is 6.89. The Labute approximate surface area is 121 Å². The molecule has 4 rings (SSSR count). The molecule has 2 atom stereocenters. The molecule has 1 saturated carbocycles. The molecule has 21 heavy (non-hydrogen) atoms. The molecule has 2 aliphatic rings. The van der Waals surface area contributed by atoms with Crippen LogP contribution < -0.4 is 0 Å². The first kappa shape index (κ1) is 12.3. The predicted molar refractivity (Wildman–Crippen MR) is 74.5 cm³/mol. The molecule has 1 fully saturated rings. The van der Waals surface area contributed by atoms with Crippen LogP contribution >= 0.6 is 0 Å². The molecule has 3 nitrogen and oxygen atoms in total. The van der Waals surface area contributed by atoms with Gasteiger partial charge in [-0.15, -0.1) is 0 Å². The Bertz CT molecular complexity index is 719. The van der Waals surface area contributed by atoms with Crippen molar-refractivity contribution in [1.29, 1.82) is 0 Å². The predicted octanol–water partition coefficient (Wildman–Crippen LogP) is 2.98. The normalized spacial score (nSPS) is 23.4. The second kappa shape index (κ2) is 4.25. The zero-order valence-corrected chi connectivity index (χ0v) is 11.1. The molecule has 0 N–H and O–H groups in total. The van der Waals surface area contributed by atoms with Crippen molar-refractivity contribution in [2.75, 3.05) is 0 Å². The summed E-state index contributed by atoms with van der Waals surface area (Å²) in [4.78, 5) is 26.1. The first-order chi connectivity index (χ1) is 10.2. The van der Waals surface area contributed by atoms with Crippen molar-refractivity contribution in [2.45, 2.75) is 18.4 Å². The highest BCUT2D eigenvalue weighted by atomic mass is 19.1. The summed E-state index contributed by atoms with van der Waals surface area (Å²) in [7, 11) is 0. The Morgan fingerprint density at radius 2 is 1.48 bits per heavy atom. The molecular formula is C17H12FNO2. The van der Waals surface area contributed by atoms with Crippen LogP contribution in [-0.4, -0.2) is 22.8 Å². The second-order valence-electron chi connectivity index (χ2n) is 5.49. The smallest absolute Gasteiger partial charge is 0.261 e. The molecule has 1 heterocycles. The van der Waals surface area contributed by atoms with Gasteiger partial charge in [0, 0.05) is 12.0 Å². The summed E-state index contributed by atoms with van der Waals surface area (Å²) in [5.74, 6) is -0.597. The molecule has 1 aliphatic heterocycles. The Hall–Kier alpha value is -2.49. The molecule has 0 spiro atoms. The molecule has 0 bridgehead atoms. The molecule has 0 unspecified atom stereocenters. The number of rotatable bonds is 2. The lowest BCUT2D eigenvalue weighted by Crippen LogP contribution is -2.32. The molecule has 4 heteroatoms. The van der Waals surface area contributed by atoms with Crippen molar-refractivity contribution in [1.82, 2.24) is 4.90 Å². The van der Waals surface area contributed by atoms with Crippen LogP contribution in [0.2, 0.25) is 0 Å². The van der Waals surface area contributed by atoms with Crippen LogP contribution in [0.15, 0.2) is 48.5 Å². The molecule has 104 valence electrons. The van der Waals surface area contributed by atoms with E-state index in [4.69, 9.17) is 0 Å². The maximum absolute atomic E-state index is 13.0. The minimum Gasteiger partial charge on any atom is -0.271 e. The minimum atomic E-state index is -0.281. The van der Waals surface area contributed by atoms with Gasteiger partial charge in [-0.25, -0.2) is 4.39 Å². The SMILES string of the molecule is O=C1c2ccccc2C(=O)N1[C@@H]1C[C@@H]1c1ccc(F)cc1. The number of halogens is 1. The zero-order chi connectivity index (χ0) is 14.6. The third kappa shape index (κ3) is 1.79. The molecule has 1 aliphatic carbocycles. The van der Waals surface area contributed by atoms with E-state index in [-0.39, 0.29) is 29.6 Å². The van der Waals surface area contributed by atoms with Gasteiger partial charge in [0.05, 0.1) is 11.1 Å². The number of amides is 2. The fourth-order valence-electron chi connectivity index (χ4n) is 3.04. The number of hydrogen-bond acceptors (Lipinski definition) is 2. The lowest BCUT2D eigenvalue weighted by molar-refractivity contribution is 0.0639. The number of carbonyl (C=O) groups excluding carboxylic acids is 2. The summed E-state index contributed by atoms with van der Waals surface area (Å²) in [6, 6.07) is 13.0. The summed E-state index contributed by atoms with van der Waals surface area (Å²) in [5.41, 5.74) is 1.93. The first-order valence-corrected chi connectivity index (χ1v) is 6.89. The van der Waals surface area contributed by atoms with Crippen molar-refractivity contribution >= 4 is 11.8 Å². The van der Waals surface area contributed by atoms with Crippen molar-refractivity contribution in [3.05, 3.63) is 71.0 Å². The fraction of sp³-hybridized carbons (Fsp3) is 0.176. The second-order valence-corrected chi connectivity index (χ2v) is 5.49. The van der Waals surface area contributed by atoms with Crippen molar-refractivity contribution in [3.8, 4) is 0 Å². The molecule has 2 aromatic carbocycles. The molecule has 2 amide bonds. The number of carbonyl (C=O) groups is 2. The number of benzene rings is 2. The Kier molecular flexibility index (Phi) is 2.48. The van der Waals surface area contributed by atoms with Gasteiger partial charge in [0.15, 0.2) is 0 Å². The summed E-state index contributed by atoms with van der Waals surface area (Å²) >= 11 is 0. The van der Waals surface area contributed by atoms with E-state index in [9.17, 15) is 14.0 Å². The summed E-state index contributed by atoms with van der Waals surface area (Å²) in [6.45, 7) is 0. The van der Waals surface area contributed by atoms with E-state index in [1.807, 2.05) is 0 Å². The summed E-state index contributed by atoms with van der Waals surface area (Å²) in [5, 5.41) is 0. The van der Waals surface area contributed by atoms with Crippen LogP contribution in [0, 0.1) is 5.82 Å². The molecule has 0 radical (unpaired) electrons. The lowest BCUT2D eigenvalue weighted by atomic mass is 10.1. The van der Waals surface area contributed by atoms with Crippen LogP contribution in [0.1, 0.15) is 38.6 Å². The lowest BCUT2D eigenvalue weighted by Gasteiger charge is -2.13. The third-order valence-electron chi connectivity index (χ3n) is 4.21. The number of fused-ring (bicyclic) bond motifs is 1. The standard InChI is InChI=1S/C17H12FNO2/c18-11-7-5-10(6-8-11)14-9-15(14)19-16(20)12-3-1-2-4-13(12)17(19)21/h1-8,14-15H,9H2/t14-,15-/m1/s1. The molecule has 2 aromatic rings. The van der Waals surface area contributed by atoms with Crippen molar-refractivity contribution in [2.24, 2.45) is 0 Å². The average Bonchev–Trinajstić information content (AvgIpc) is 3.23. The summed E-state index contributed by atoms with van der Waals surface area (Å²) in [6.07, 6.45) is 0.747. The van der Waals surface area contributed by atoms with Gasteiger partial charge in [-0.05, 0) is 36.2 Å². The zero-order valence-electron chi connectivity index (χ0n) is 11.1. The quantitative estimate of drug-likeness (QED) is 0.794. The van der Waals surface area contributed by atoms with Crippen LogP contribution in [0.25, 0.3) is 0 Å². The largest absolute Gasteiger partial charge is 0.271 e. The van der Waals surface area contributed by atoms with E-state index in [1.54, 1.807) is 36.4 Å². The van der Waals surface area contributed by atoms with E-state index in [0.29, 0.717) is 11.1 Å². The van der Waals surface area contributed by atoms with Gasteiger partial charge in [-0.3, -0.25) is 14.5 Å². The van der Waals surface area contributed by atoms with E-state index in [0.717, 1.165) is 12.0 Å². The van der Waals surface area contributed by atoms with Crippen LogP contribution in [0.4, 0.5) is 4.39 Å². The number of hydrogen-bond donors (Lipinski definition) is 0. The Morgan fingerprint density at radius 1 is 0.905 bits per heavy atom. The molecule has 0 saturated heterocycles. The maximum Gasteiger partial charge on any atom is 0.261 e. The van der Waals surface area contributed by atoms with Gasteiger partial charge in [-0.1, -0.05) is 24.3 Å². The van der Waals surface area contributed by atoms with E-state index in [1.165, 1.54) is 17.0 Å². The van der Waals surface area contributed by atoms with Crippen LogP contribution in [-0.2, 0) is 0 Å². The van der Waals surface area contributed by atoms with Crippen LogP contribution in [0.3, 0.4) is 0 Å². The van der Waals surface area contributed by atoms with Crippen LogP contribution in [0.5, 0.6) is 0 Å².